The van der Waals surface area contributed by atoms with Crippen molar-refractivity contribution in [2.45, 2.75) is 31.8 Å². The van der Waals surface area contributed by atoms with Gasteiger partial charge in [-0.3, -0.25) is 9.58 Å². The minimum atomic E-state index is 0.411. The summed E-state index contributed by atoms with van der Waals surface area (Å²) in [6.45, 7) is 3.44. The summed E-state index contributed by atoms with van der Waals surface area (Å²) in [5, 5.41) is 23.0. The van der Waals surface area contributed by atoms with Crippen LogP contribution in [0, 0.1) is 0 Å². The van der Waals surface area contributed by atoms with Crippen molar-refractivity contribution < 1.29 is 0 Å². The highest BCUT2D eigenvalue weighted by molar-refractivity contribution is 5.29. The van der Waals surface area contributed by atoms with Crippen LogP contribution in [0.4, 0.5) is 0 Å². The van der Waals surface area contributed by atoms with Crippen LogP contribution in [0.2, 0.25) is 0 Å². The molecule has 0 bridgehead atoms. The molecule has 35 heavy (non-hydrogen) atoms. The molecule has 0 saturated carbocycles. The predicted molar refractivity (Wildman–Crippen MR) is 131 cm³/mol. The zero-order valence-electron chi connectivity index (χ0n) is 19.4. The monoisotopic (exact) mass is 465 g/mol. The highest BCUT2D eigenvalue weighted by Gasteiger charge is 2.24. The molecule has 1 fully saturated rings. The average molecular weight is 466 g/mol. The fourth-order valence-corrected chi connectivity index (χ4v) is 4.62. The normalized spacial score (nSPS) is 16.5. The van der Waals surface area contributed by atoms with Crippen molar-refractivity contribution in [3.8, 4) is 11.4 Å². The van der Waals surface area contributed by atoms with Gasteiger partial charge in [0.25, 0.3) is 0 Å². The van der Waals surface area contributed by atoms with Crippen molar-refractivity contribution in [3.63, 3.8) is 0 Å². The summed E-state index contributed by atoms with van der Waals surface area (Å²) in [5.41, 5.74) is 4.94. The van der Waals surface area contributed by atoms with E-state index >= 15 is 0 Å². The van der Waals surface area contributed by atoms with E-state index in [-0.39, 0.29) is 0 Å². The minimum absolute atomic E-state index is 0.411. The Morgan fingerprint density at radius 3 is 2.00 bits per heavy atom. The first kappa shape index (κ1) is 21.4. The maximum atomic E-state index is 4.88. The highest BCUT2D eigenvalue weighted by Crippen LogP contribution is 2.26. The highest BCUT2D eigenvalue weighted by atomic mass is 15.5. The second-order valence-electron chi connectivity index (χ2n) is 8.93. The van der Waals surface area contributed by atoms with E-state index in [2.05, 4.69) is 31.4 Å². The van der Waals surface area contributed by atoms with Gasteiger partial charge >= 0.3 is 0 Å². The Bertz CT molecular complexity index is 1370. The summed E-state index contributed by atoms with van der Waals surface area (Å²) < 4.78 is 1.96. The summed E-state index contributed by atoms with van der Waals surface area (Å²) in [7, 11) is 0. The fraction of sp³-hybridized carbons (Fsp3) is 0.269. The zero-order chi connectivity index (χ0) is 23.5. The lowest BCUT2D eigenvalue weighted by molar-refractivity contribution is 0.196. The first-order valence-corrected chi connectivity index (χ1v) is 12.0. The number of rotatable bonds is 7. The van der Waals surface area contributed by atoms with E-state index in [1.807, 2.05) is 77.7 Å². The standard InChI is InChI=1S/C26H27N9/c1-3-9-24(10-4-1)34-27-16-22(29-34)19-32-14-7-8-21(18-32)26-13-15-33(31-26)20-23-17-28-35(30-23)25-11-5-2-6-12-25/h1-6,9-13,15-17,21H,7-8,14,18-20H2/t21-/m0/s1. The molecule has 3 aromatic heterocycles. The Morgan fingerprint density at radius 2 is 1.34 bits per heavy atom. The van der Waals surface area contributed by atoms with Gasteiger partial charge in [0.1, 0.15) is 5.69 Å². The van der Waals surface area contributed by atoms with Gasteiger partial charge in [-0.05, 0) is 49.7 Å². The topological polar surface area (TPSA) is 82.5 Å². The van der Waals surface area contributed by atoms with Crippen molar-refractivity contribution in [1.82, 2.24) is 44.7 Å². The van der Waals surface area contributed by atoms with E-state index in [1.165, 1.54) is 0 Å². The molecule has 5 aromatic rings. The van der Waals surface area contributed by atoms with Gasteiger partial charge in [-0.2, -0.15) is 35.1 Å². The molecule has 4 heterocycles. The van der Waals surface area contributed by atoms with E-state index in [1.54, 1.807) is 15.8 Å². The number of para-hydroxylation sites is 2. The summed E-state index contributed by atoms with van der Waals surface area (Å²) in [5.74, 6) is 0.411. The molecule has 0 unspecified atom stereocenters. The van der Waals surface area contributed by atoms with Crippen LogP contribution in [0.15, 0.2) is 85.3 Å². The maximum absolute atomic E-state index is 4.88. The minimum Gasteiger partial charge on any atom is -0.297 e. The number of hydrogen-bond donors (Lipinski definition) is 0. The number of benzene rings is 2. The quantitative estimate of drug-likeness (QED) is 0.366. The molecule has 0 radical (unpaired) electrons. The Labute approximate surface area is 203 Å². The van der Waals surface area contributed by atoms with Crippen LogP contribution in [0.5, 0.6) is 0 Å². The molecule has 1 aliphatic heterocycles. The fourth-order valence-electron chi connectivity index (χ4n) is 4.62. The summed E-state index contributed by atoms with van der Waals surface area (Å²) in [6.07, 6.45) is 8.01. The molecule has 176 valence electrons. The van der Waals surface area contributed by atoms with Crippen LogP contribution >= 0.6 is 0 Å². The van der Waals surface area contributed by atoms with Gasteiger partial charge in [-0.15, -0.1) is 0 Å². The number of hydrogen-bond acceptors (Lipinski definition) is 6. The van der Waals surface area contributed by atoms with E-state index in [4.69, 9.17) is 5.10 Å². The first-order chi connectivity index (χ1) is 17.3. The van der Waals surface area contributed by atoms with E-state index < -0.39 is 0 Å². The van der Waals surface area contributed by atoms with E-state index in [0.717, 1.165) is 60.9 Å². The summed E-state index contributed by atoms with van der Waals surface area (Å²) in [4.78, 5) is 5.82. The van der Waals surface area contributed by atoms with Gasteiger partial charge in [0.05, 0.1) is 41.7 Å². The average Bonchev–Trinajstić information content (AvgIpc) is 3.67. The van der Waals surface area contributed by atoms with Crippen LogP contribution in [0.25, 0.3) is 11.4 Å². The van der Waals surface area contributed by atoms with Crippen LogP contribution < -0.4 is 0 Å². The van der Waals surface area contributed by atoms with Crippen LogP contribution in [-0.4, -0.2) is 57.8 Å². The third-order valence-electron chi connectivity index (χ3n) is 6.35. The molecule has 6 rings (SSSR count). The second-order valence-corrected chi connectivity index (χ2v) is 8.93. The van der Waals surface area contributed by atoms with E-state index in [0.29, 0.717) is 12.5 Å². The van der Waals surface area contributed by atoms with E-state index in [9.17, 15) is 0 Å². The molecule has 0 amide bonds. The first-order valence-electron chi connectivity index (χ1n) is 12.0. The molecule has 0 aliphatic carbocycles. The number of likely N-dealkylation sites (tertiary alicyclic amines) is 1. The largest absolute Gasteiger partial charge is 0.297 e. The summed E-state index contributed by atoms with van der Waals surface area (Å²) >= 11 is 0. The smallest absolute Gasteiger partial charge is 0.105 e. The van der Waals surface area contributed by atoms with Gasteiger partial charge in [-0.1, -0.05) is 36.4 Å². The molecule has 2 aromatic carbocycles. The zero-order valence-corrected chi connectivity index (χ0v) is 19.4. The van der Waals surface area contributed by atoms with Crippen molar-refractivity contribution in [2.24, 2.45) is 0 Å². The molecule has 1 aliphatic rings. The van der Waals surface area contributed by atoms with Crippen molar-refractivity contribution in [2.75, 3.05) is 13.1 Å². The Kier molecular flexibility index (Phi) is 5.90. The Balaban J connectivity index is 1.08. The molecule has 9 nitrogen and oxygen atoms in total. The predicted octanol–water partition coefficient (Wildman–Crippen LogP) is 3.47. The van der Waals surface area contributed by atoms with Crippen LogP contribution in [0.3, 0.4) is 0 Å². The lowest BCUT2D eigenvalue weighted by Crippen LogP contribution is -2.34. The SMILES string of the molecule is c1ccc(-n2ncc(CN3CCC[C@H](c4ccn(Cc5cnn(-c6ccccc6)n5)n4)C3)n2)cc1. The Hall–Kier alpha value is -4.11. The van der Waals surface area contributed by atoms with Crippen molar-refractivity contribution in [1.29, 1.82) is 0 Å². The van der Waals surface area contributed by atoms with Crippen LogP contribution in [0.1, 0.15) is 35.8 Å². The molecule has 0 N–H and O–H groups in total. The second kappa shape index (κ2) is 9.63. The third kappa shape index (κ3) is 4.90. The van der Waals surface area contributed by atoms with Gasteiger partial charge < -0.3 is 0 Å². The number of nitrogens with zero attached hydrogens (tertiary/aromatic N) is 9. The molecular formula is C26H27N9. The third-order valence-corrected chi connectivity index (χ3v) is 6.35. The summed E-state index contributed by atoms with van der Waals surface area (Å²) in [6, 6.07) is 22.1. The lowest BCUT2D eigenvalue weighted by Gasteiger charge is -2.31. The number of piperidine rings is 1. The molecule has 0 spiro atoms. The maximum Gasteiger partial charge on any atom is 0.105 e. The molecule has 9 heteroatoms. The van der Waals surface area contributed by atoms with Gasteiger partial charge in [0, 0.05) is 25.2 Å². The van der Waals surface area contributed by atoms with Crippen molar-refractivity contribution in [3.05, 3.63) is 102 Å². The Morgan fingerprint density at radius 1 is 0.714 bits per heavy atom. The molecule has 1 atom stereocenters. The molecular weight excluding hydrogens is 438 g/mol. The van der Waals surface area contributed by atoms with Crippen LogP contribution in [-0.2, 0) is 13.1 Å². The van der Waals surface area contributed by atoms with Gasteiger partial charge in [0.2, 0.25) is 0 Å². The molecule has 1 saturated heterocycles. The van der Waals surface area contributed by atoms with Crippen molar-refractivity contribution >= 4 is 0 Å². The van der Waals surface area contributed by atoms with Gasteiger partial charge in [-0.25, -0.2) is 0 Å². The lowest BCUT2D eigenvalue weighted by atomic mass is 9.95. The van der Waals surface area contributed by atoms with Gasteiger partial charge in [0.15, 0.2) is 0 Å². The number of aromatic nitrogens is 8.